The molecule has 0 bridgehead atoms. The topological polar surface area (TPSA) is 113 Å². The Kier molecular flexibility index (Phi) is 13.5. The van der Waals surface area contributed by atoms with Gasteiger partial charge in [0, 0.05) is 25.7 Å². The van der Waals surface area contributed by atoms with Crippen molar-refractivity contribution < 1.29 is 43.4 Å². The van der Waals surface area contributed by atoms with Crippen molar-refractivity contribution in [2.45, 2.75) is 89.9 Å². The Morgan fingerprint density at radius 2 is 1.66 bits per heavy atom. The second kappa shape index (κ2) is 16.8. The van der Waals surface area contributed by atoms with E-state index in [0.29, 0.717) is 39.1 Å². The number of hydrogen-bond donors (Lipinski definition) is 2. The van der Waals surface area contributed by atoms with Gasteiger partial charge in [-0.1, -0.05) is 56.3 Å². The summed E-state index contributed by atoms with van der Waals surface area (Å²) in [4.78, 5) is 12.1. The molecule has 0 saturated carbocycles. The van der Waals surface area contributed by atoms with Gasteiger partial charge in [-0.2, -0.15) is 0 Å². The van der Waals surface area contributed by atoms with E-state index in [-0.39, 0.29) is 25.7 Å². The maximum atomic E-state index is 12.1. The van der Waals surface area contributed by atoms with E-state index in [0.717, 1.165) is 16.9 Å². The van der Waals surface area contributed by atoms with Crippen LogP contribution >= 0.6 is 0 Å². The molecule has 9 heteroatoms. The molecule has 2 aromatic carbocycles. The van der Waals surface area contributed by atoms with Crippen molar-refractivity contribution in [1.82, 2.24) is 0 Å². The van der Waals surface area contributed by atoms with E-state index in [4.69, 9.17) is 28.4 Å². The fourth-order valence-electron chi connectivity index (χ4n) is 5.05. The molecule has 3 rings (SSSR count). The van der Waals surface area contributed by atoms with E-state index in [9.17, 15) is 15.0 Å². The predicted octanol–water partition coefficient (Wildman–Crippen LogP) is 4.41. The van der Waals surface area contributed by atoms with Crippen LogP contribution in [-0.2, 0) is 41.7 Å². The lowest BCUT2D eigenvalue weighted by atomic mass is 9.89. The minimum Gasteiger partial charge on any atom is -0.497 e. The molecule has 9 nitrogen and oxygen atoms in total. The molecule has 5 atom stereocenters. The Balaban J connectivity index is 1.67. The standard InChI is InChI=1S/C32H46O9/c1-5-32(6-2)39-21-27(41-32)18-29(34)31(35)28(22-38-20-25-12-14-26(36-4)15-13-25)30(40-23(3)33)16-17-37-19-24-10-8-7-9-11-24/h7-15,27-31,34-35H,5-6,16-22H2,1-4H3/t27-,28-,29+,30-,31-/m0/s1. The summed E-state index contributed by atoms with van der Waals surface area (Å²) in [5, 5.41) is 22.5. The first-order valence-electron chi connectivity index (χ1n) is 14.5. The SMILES string of the molecule is CCC1(CC)OC[C@H](C[C@@H](O)[C@@H](O)[C@@H](COCc2ccc(OC)cc2)[C@H](CCOCc2ccccc2)OC(C)=O)O1. The number of ether oxygens (including phenoxy) is 6. The largest absolute Gasteiger partial charge is 0.497 e. The van der Waals surface area contributed by atoms with Gasteiger partial charge in [0.2, 0.25) is 0 Å². The number of rotatable bonds is 18. The first-order chi connectivity index (χ1) is 19.8. The molecule has 1 fully saturated rings. The zero-order valence-electron chi connectivity index (χ0n) is 24.7. The van der Waals surface area contributed by atoms with Gasteiger partial charge in [-0.15, -0.1) is 0 Å². The maximum absolute atomic E-state index is 12.1. The molecule has 1 aliphatic heterocycles. The number of carbonyl (C=O) groups is 1. The van der Waals surface area contributed by atoms with Crippen LogP contribution in [0.15, 0.2) is 54.6 Å². The molecule has 1 saturated heterocycles. The number of hydrogen-bond acceptors (Lipinski definition) is 9. The van der Waals surface area contributed by atoms with E-state index in [1.54, 1.807) is 7.11 Å². The highest BCUT2D eigenvalue weighted by Crippen LogP contribution is 2.33. The fraction of sp³-hybridized carbons (Fsp3) is 0.594. The second-order valence-electron chi connectivity index (χ2n) is 10.5. The lowest BCUT2D eigenvalue weighted by molar-refractivity contribution is -0.178. The number of aliphatic hydroxyl groups excluding tert-OH is 2. The third kappa shape index (κ3) is 10.4. The quantitative estimate of drug-likeness (QED) is 0.197. The first-order valence-corrected chi connectivity index (χ1v) is 14.5. The van der Waals surface area contributed by atoms with Gasteiger partial charge in [-0.3, -0.25) is 4.79 Å². The van der Waals surface area contributed by atoms with Crippen molar-refractivity contribution in [3.05, 3.63) is 65.7 Å². The van der Waals surface area contributed by atoms with Crippen LogP contribution < -0.4 is 4.74 Å². The van der Waals surface area contributed by atoms with E-state index < -0.39 is 36.0 Å². The summed E-state index contributed by atoms with van der Waals surface area (Å²) in [5.74, 6) is -1.11. The molecule has 0 radical (unpaired) electrons. The molecule has 228 valence electrons. The number of methoxy groups -OCH3 is 1. The van der Waals surface area contributed by atoms with Crippen molar-refractivity contribution in [3.63, 3.8) is 0 Å². The van der Waals surface area contributed by atoms with Gasteiger partial charge in [0.15, 0.2) is 5.79 Å². The average Bonchev–Trinajstić information content (AvgIpc) is 3.40. The molecule has 1 heterocycles. The monoisotopic (exact) mass is 574 g/mol. The highest BCUT2D eigenvalue weighted by molar-refractivity contribution is 5.66. The number of carbonyl (C=O) groups excluding carboxylic acids is 1. The van der Waals surface area contributed by atoms with Gasteiger partial charge in [0.1, 0.15) is 11.9 Å². The molecule has 2 N–H and O–H groups in total. The Labute approximate surface area is 243 Å². The van der Waals surface area contributed by atoms with Crippen molar-refractivity contribution in [3.8, 4) is 5.75 Å². The molecule has 0 aromatic heterocycles. The summed E-state index contributed by atoms with van der Waals surface area (Å²) in [7, 11) is 1.61. The third-order valence-electron chi connectivity index (χ3n) is 7.52. The summed E-state index contributed by atoms with van der Waals surface area (Å²) < 4.78 is 34.7. The summed E-state index contributed by atoms with van der Waals surface area (Å²) in [6.45, 7) is 6.69. The Morgan fingerprint density at radius 3 is 2.27 bits per heavy atom. The molecule has 2 aromatic rings. The molecule has 0 spiro atoms. The smallest absolute Gasteiger partial charge is 0.302 e. The van der Waals surface area contributed by atoms with Crippen LogP contribution in [0.2, 0.25) is 0 Å². The van der Waals surface area contributed by atoms with Gasteiger partial charge in [-0.05, 0) is 36.1 Å². The van der Waals surface area contributed by atoms with E-state index in [2.05, 4.69) is 0 Å². The van der Waals surface area contributed by atoms with Crippen LogP contribution in [0.1, 0.15) is 57.6 Å². The van der Waals surface area contributed by atoms with Gasteiger partial charge >= 0.3 is 5.97 Å². The average molecular weight is 575 g/mol. The van der Waals surface area contributed by atoms with E-state index in [1.807, 2.05) is 68.4 Å². The maximum Gasteiger partial charge on any atom is 0.302 e. The first kappa shape index (κ1) is 33.0. The molecule has 1 aliphatic rings. The van der Waals surface area contributed by atoms with Crippen LogP contribution in [0.4, 0.5) is 0 Å². The highest BCUT2D eigenvalue weighted by Gasteiger charge is 2.42. The summed E-state index contributed by atoms with van der Waals surface area (Å²) >= 11 is 0. The van der Waals surface area contributed by atoms with Crippen molar-refractivity contribution in [1.29, 1.82) is 0 Å². The molecular formula is C32H46O9. The fourth-order valence-corrected chi connectivity index (χ4v) is 5.05. The number of aliphatic hydroxyl groups is 2. The summed E-state index contributed by atoms with van der Waals surface area (Å²) in [6.07, 6.45) is -1.61. The summed E-state index contributed by atoms with van der Waals surface area (Å²) in [5.41, 5.74) is 1.95. The second-order valence-corrected chi connectivity index (χ2v) is 10.5. The lowest BCUT2D eigenvalue weighted by Gasteiger charge is -2.33. The normalized spacial score (nSPS) is 19.3. The van der Waals surface area contributed by atoms with Crippen molar-refractivity contribution >= 4 is 5.97 Å². The molecule has 0 unspecified atom stereocenters. The lowest BCUT2D eigenvalue weighted by Crippen LogP contribution is -2.45. The van der Waals surface area contributed by atoms with E-state index in [1.165, 1.54) is 6.92 Å². The van der Waals surface area contributed by atoms with Gasteiger partial charge < -0.3 is 38.6 Å². The molecule has 0 amide bonds. The van der Waals surface area contributed by atoms with Crippen molar-refractivity contribution in [2.24, 2.45) is 5.92 Å². The zero-order valence-corrected chi connectivity index (χ0v) is 24.7. The van der Waals surface area contributed by atoms with Crippen LogP contribution in [0.3, 0.4) is 0 Å². The highest BCUT2D eigenvalue weighted by atomic mass is 16.7. The van der Waals surface area contributed by atoms with Gasteiger partial charge in [-0.25, -0.2) is 0 Å². The third-order valence-corrected chi connectivity index (χ3v) is 7.52. The zero-order chi connectivity index (χ0) is 29.7. The Morgan fingerprint density at radius 1 is 1.00 bits per heavy atom. The Hall–Kier alpha value is -2.53. The van der Waals surface area contributed by atoms with Crippen LogP contribution in [-0.4, -0.2) is 73.3 Å². The summed E-state index contributed by atoms with van der Waals surface area (Å²) in [6, 6.07) is 17.2. The van der Waals surface area contributed by atoms with E-state index >= 15 is 0 Å². The Bertz CT molecular complexity index is 1010. The van der Waals surface area contributed by atoms with Gasteiger partial charge in [0.05, 0.1) is 58.5 Å². The number of esters is 1. The van der Waals surface area contributed by atoms with Crippen molar-refractivity contribution in [2.75, 3.05) is 26.9 Å². The predicted molar refractivity (Wildman–Crippen MR) is 153 cm³/mol. The van der Waals surface area contributed by atoms with Crippen LogP contribution in [0, 0.1) is 5.92 Å². The van der Waals surface area contributed by atoms with Crippen LogP contribution in [0.25, 0.3) is 0 Å². The minimum atomic E-state index is -1.24. The molecule has 0 aliphatic carbocycles. The minimum absolute atomic E-state index is 0.0524. The molecule has 41 heavy (non-hydrogen) atoms. The molecular weight excluding hydrogens is 528 g/mol. The van der Waals surface area contributed by atoms with Crippen LogP contribution in [0.5, 0.6) is 5.75 Å². The number of benzene rings is 2. The van der Waals surface area contributed by atoms with Gasteiger partial charge in [0.25, 0.3) is 0 Å².